The largest absolute Gasteiger partial charge is 0.493 e. The maximum absolute atomic E-state index is 11.7. The van der Waals surface area contributed by atoms with Gasteiger partial charge in [0.1, 0.15) is 0 Å². The molecular weight excluding hydrogens is 292 g/mol. The molecule has 2 N–H and O–H groups in total. The number of methoxy groups -OCH3 is 3. The number of rotatable bonds is 4. The first-order valence-corrected chi connectivity index (χ1v) is 6.92. The fourth-order valence-electron chi connectivity index (χ4n) is 2.05. The molecule has 0 spiro atoms. The second-order valence-electron chi connectivity index (χ2n) is 4.27. The molecule has 0 aromatic heterocycles. The first-order valence-electron chi connectivity index (χ1n) is 6.10. The van der Waals surface area contributed by atoms with E-state index in [1.165, 1.54) is 14.2 Å². The van der Waals surface area contributed by atoms with E-state index in [-0.39, 0.29) is 11.1 Å². The topological polar surface area (TPSA) is 80.6 Å². The van der Waals surface area contributed by atoms with Gasteiger partial charge in [-0.15, -0.1) is 0 Å². The fraction of sp³-hybridized carbons (Fsp3) is 0.286. The number of nitrogens with one attached hydrogen (secondary N) is 2. The van der Waals surface area contributed by atoms with Gasteiger partial charge in [0.05, 0.1) is 26.2 Å². The van der Waals surface area contributed by atoms with Crippen molar-refractivity contribution in [1.29, 1.82) is 5.41 Å². The van der Waals surface area contributed by atoms with Gasteiger partial charge in [-0.3, -0.25) is 10.2 Å². The number of amides is 1. The highest BCUT2D eigenvalue weighted by atomic mass is 32.2. The highest BCUT2D eigenvalue weighted by Crippen LogP contribution is 2.43. The molecule has 0 bridgehead atoms. The summed E-state index contributed by atoms with van der Waals surface area (Å²) in [4.78, 5) is 12.2. The summed E-state index contributed by atoms with van der Waals surface area (Å²) in [6.45, 7) is 1.89. The van der Waals surface area contributed by atoms with Crippen molar-refractivity contribution >= 4 is 28.9 Å². The quantitative estimate of drug-likeness (QED) is 0.833. The van der Waals surface area contributed by atoms with Crippen molar-refractivity contribution in [2.24, 2.45) is 0 Å². The summed E-state index contributed by atoms with van der Waals surface area (Å²) in [5.74, 6) is 1.23. The Balaban J connectivity index is 2.61. The van der Waals surface area contributed by atoms with Crippen LogP contribution >= 0.6 is 11.8 Å². The Hall–Kier alpha value is -2.15. The van der Waals surface area contributed by atoms with Crippen LogP contribution in [0.5, 0.6) is 17.2 Å². The van der Waals surface area contributed by atoms with Crippen molar-refractivity contribution in [2.75, 3.05) is 21.3 Å². The Morgan fingerprint density at radius 2 is 1.86 bits per heavy atom. The summed E-state index contributed by atoms with van der Waals surface area (Å²) < 4.78 is 16.0. The van der Waals surface area contributed by atoms with E-state index >= 15 is 0 Å². The van der Waals surface area contributed by atoms with Crippen molar-refractivity contribution in [3.63, 3.8) is 0 Å². The molecule has 0 radical (unpaired) electrons. The predicted molar refractivity (Wildman–Crippen MR) is 82.3 cm³/mol. The molecule has 1 amide bonds. The normalized spacial score (nSPS) is 16.1. The Labute approximate surface area is 127 Å². The Kier molecular flexibility index (Phi) is 4.42. The molecule has 0 atom stereocenters. The van der Waals surface area contributed by atoms with Crippen LogP contribution in [0, 0.1) is 12.3 Å². The Morgan fingerprint density at radius 1 is 1.19 bits per heavy atom. The second kappa shape index (κ2) is 6.09. The van der Waals surface area contributed by atoms with E-state index in [1.54, 1.807) is 13.2 Å². The maximum atomic E-state index is 11.7. The van der Waals surface area contributed by atoms with Gasteiger partial charge in [-0.1, -0.05) is 0 Å². The highest BCUT2D eigenvalue weighted by Gasteiger charge is 2.25. The number of aryl methyl sites for hydroxylation is 1. The SMILES string of the molecule is COc1cc(C)c(/C=C2/SC(=N)NC2=O)c(OC)c1OC. The van der Waals surface area contributed by atoms with Crippen molar-refractivity contribution in [3.05, 3.63) is 22.1 Å². The van der Waals surface area contributed by atoms with E-state index in [1.807, 2.05) is 13.0 Å². The summed E-state index contributed by atoms with van der Waals surface area (Å²) in [7, 11) is 4.61. The predicted octanol–water partition coefficient (Wildman–Crippen LogP) is 2.16. The summed E-state index contributed by atoms with van der Waals surface area (Å²) in [5.41, 5.74) is 1.60. The van der Waals surface area contributed by atoms with Gasteiger partial charge in [0.15, 0.2) is 16.7 Å². The van der Waals surface area contributed by atoms with Gasteiger partial charge in [0.2, 0.25) is 5.75 Å². The zero-order chi connectivity index (χ0) is 15.6. The van der Waals surface area contributed by atoms with Crippen molar-refractivity contribution in [1.82, 2.24) is 5.32 Å². The van der Waals surface area contributed by atoms with Crippen LogP contribution in [0.4, 0.5) is 0 Å². The van der Waals surface area contributed by atoms with Gasteiger partial charge in [-0.2, -0.15) is 0 Å². The van der Waals surface area contributed by atoms with Gasteiger partial charge >= 0.3 is 0 Å². The molecule has 1 aliphatic heterocycles. The Morgan fingerprint density at radius 3 is 2.33 bits per heavy atom. The van der Waals surface area contributed by atoms with Crippen LogP contribution in [0.15, 0.2) is 11.0 Å². The molecule has 6 nitrogen and oxygen atoms in total. The number of benzene rings is 1. The minimum Gasteiger partial charge on any atom is -0.493 e. The van der Waals surface area contributed by atoms with Gasteiger partial charge in [0, 0.05) is 5.56 Å². The van der Waals surface area contributed by atoms with Crippen LogP contribution in [-0.2, 0) is 4.79 Å². The number of thioether (sulfide) groups is 1. The summed E-state index contributed by atoms with van der Waals surface area (Å²) in [5, 5.41) is 10.0. The number of hydrogen-bond acceptors (Lipinski definition) is 6. The van der Waals surface area contributed by atoms with E-state index in [9.17, 15) is 4.79 Å². The summed E-state index contributed by atoms with van der Waals surface area (Å²) in [6.07, 6.45) is 1.69. The van der Waals surface area contributed by atoms with Gasteiger partial charge in [0.25, 0.3) is 5.91 Å². The molecule has 0 unspecified atom stereocenters. The zero-order valence-corrected chi connectivity index (χ0v) is 13.0. The van der Waals surface area contributed by atoms with E-state index in [4.69, 9.17) is 19.6 Å². The summed E-state index contributed by atoms with van der Waals surface area (Å²) >= 11 is 1.08. The zero-order valence-electron chi connectivity index (χ0n) is 12.2. The lowest BCUT2D eigenvalue weighted by Gasteiger charge is -2.16. The lowest BCUT2D eigenvalue weighted by molar-refractivity contribution is -0.115. The van der Waals surface area contributed by atoms with E-state index in [0.29, 0.717) is 22.2 Å². The molecule has 1 aromatic rings. The molecule has 0 saturated carbocycles. The van der Waals surface area contributed by atoms with Crippen LogP contribution in [0.25, 0.3) is 6.08 Å². The monoisotopic (exact) mass is 308 g/mol. The number of ether oxygens (including phenoxy) is 3. The molecule has 2 rings (SSSR count). The van der Waals surface area contributed by atoms with Crippen molar-refractivity contribution in [3.8, 4) is 17.2 Å². The van der Waals surface area contributed by atoms with E-state index in [0.717, 1.165) is 22.9 Å². The number of carbonyl (C=O) groups excluding carboxylic acids is 1. The molecule has 1 aliphatic rings. The number of amidine groups is 1. The molecule has 1 aromatic carbocycles. The van der Waals surface area contributed by atoms with Gasteiger partial charge in [-0.05, 0) is 36.4 Å². The van der Waals surface area contributed by atoms with Crippen molar-refractivity contribution in [2.45, 2.75) is 6.92 Å². The first-order chi connectivity index (χ1) is 10.0. The van der Waals surface area contributed by atoms with Crippen LogP contribution in [0.1, 0.15) is 11.1 Å². The highest BCUT2D eigenvalue weighted by molar-refractivity contribution is 8.18. The fourth-order valence-corrected chi connectivity index (χ4v) is 2.74. The minimum absolute atomic E-state index is 0.114. The minimum atomic E-state index is -0.291. The van der Waals surface area contributed by atoms with Crippen molar-refractivity contribution < 1.29 is 19.0 Å². The van der Waals surface area contributed by atoms with E-state index in [2.05, 4.69) is 5.32 Å². The average Bonchev–Trinajstić information content (AvgIpc) is 2.78. The van der Waals surface area contributed by atoms with Gasteiger partial charge in [-0.25, -0.2) is 0 Å². The third-order valence-electron chi connectivity index (χ3n) is 3.01. The molecule has 112 valence electrons. The third kappa shape index (κ3) is 2.82. The lowest BCUT2D eigenvalue weighted by Crippen LogP contribution is -2.18. The molecule has 1 heterocycles. The maximum Gasteiger partial charge on any atom is 0.264 e. The molecule has 1 saturated heterocycles. The third-order valence-corrected chi connectivity index (χ3v) is 3.84. The van der Waals surface area contributed by atoms with Crippen LogP contribution < -0.4 is 19.5 Å². The van der Waals surface area contributed by atoms with Crippen LogP contribution in [0.2, 0.25) is 0 Å². The average molecular weight is 308 g/mol. The molecule has 1 fully saturated rings. The molecule has 0 aliphatic carbocycles. The van der Waals surface area contributed by atoms with Gasteiger partial charge < -0.3 is 19.5 Å². The molecule has 21 heavy (non-hydrogen) atoms. The van der Waals surface area contributed by atoms with E-state index < -0.39 is 0 Å². The van der Waals surface area contributed by atoms with Crippen LogP contribution in [-0.4, -0.2) is 32.4 Å². The summed E-state index contributed by atoms with van der Waals surface area (Å²) in [6, 6.07) is 1.82. The second-order valence-corrected chi connectivity index (χ2v) is 5.32. The molecular formula is C14H16N2O4S. The smallest absolute Gasteiger partial charge is 0.264 e. The number of hydrogen-bond donors (Lipinski definition) is 2. The first kappa shape index (κ1) is 15.2. The number of carbonyl (C=O) groups is 1. The molecule has 7 heteroatoms. The standard InChI is InChI=1S/C14H16N2O4S/c1-7-5-9(18-2)12(20-4)11(19-3)8(7)6-10-13(17)16-14(15)21-10/h5-6H,1-4H3,(H2,15,16,17)/b10-6+. The lowest BCUT2D eigenvalue weighted by atomic mass is 10.0. The Bertz CT molecular complexity index is 640. The van der Waals surface area contributed by atoms with Crippen LogP contribution in [0.3, 0.4) is 0 Å².